The largest absolute Gasteiger partial charge is 0.331 e. The highest BCUT2D eigenvalue weighted by atomic mass is 32.2. The molecule has 0 bridgehead atoms. The molecule has 0 aromatic heterocycles. The molecule has 3 aliphatic rings. The van der Waals surface area contributed by atoms with E-state index in [1.54, 1.807) is 6.92 Å². The number of nitrogens with one attached hydrogen (secondary N) is 3. The molecule has 0 radical (unpaired) electrons. The predicted molar refractivity (Wildman–Crippen MR) is 113 cm³/mol. The van der Waals surface area contributed by atoms with Crippen molar-refractivity contribution in [1.29, 1.82) is 4.78 Å². The van der Waals surface area contributed by atoms with Crippen LogP contribution in [0.25, 0.3) is 0 Å². The molecule has 2 aliphatic carbocycles. The van der Waals surface area contributed by atoms with E-state index >= 15 is 0 Å². The fourth-order valence-electron chi connectivity index (χ4n) is 4.68. The monoisotopic (exact) mass is 405 g/mol. The number of benzene rings is 1. The first-order valence-electron chi connectivity index (χ1n) is 11.5. The second-order valence-electron chi connectivity index (χ2n) is 8.31. The molecule has 1 saturated heterocycles. The predicted octanol–water partition coefficient (Wildman–Crippen LogP) is 3.75. The summed E-state index contributed by atoms with van der Waals surface area (Å²) in [5.74, 6) is 0. The highest BCUT2D eigenvalue weighted by molar-refractivity contribution is 7.93. The molecule has 1 unspecified atom stereocenters. The van der Waals surface area contributed by atoms with Gasteiger partial charge in [0.15, 0.2) is 9.92 Å². The van der Waals surface area contributed by atoms with Gasteiger partial charge in [-0.2, -0.15) is 0 Å². The van der Waals surface area contributed by atoms with Crippen LogP contribution < -0.4 is 10.0 Å². The molecular formula is C21H30N4O2S. The van der Waals surface area contributed by atoms with Crippen molar-refractivity contribution in [1.82, 2.24) is 9.62 Å². The van der Waals surface area contributed by atoms with E-state index in [0.29, 0.717) is 19.4 Å². The van der Waals surface area contributed by atoms with Crippen LogP contribution in [0, 0.1) is 4.78 Å². The Bertz CT molecular complexity index is 1000. The minimum absolute atomic E-state index is 0.411. The Labute approximate surface area is 172 Å². The molecule has 0 saturated carbocycles. The number of amides is 2. The van der Waals surface area contributed by atoms with Crippen LogP contribution in [0.3, 0.4) is 0 Å². The van der Waals surface area contributed by atoms with Gasteiger partial charge in [0.05, 0.1) is 0 Å². The molecule has 1 aromatic carbocycles. The molecule has 1 aliphatic heterocycles. The first kappa shape index (κ1) is 16.0. The molecule has 1 heterocycles. The van der Waals surface area contributed by atoms with Crippen molar-refractivity contribution in [2.24, 2.45) is 0 Å². The molecule has 2 atom stereocenters. The number of likely N-dealkylation sites (N-methyl/N-ethyl adjacent to an activating group) is 1. The van der Waals surface area contributed by atoms with Gasteiger partial charge in [0.1, 0.15) is 0 Å². The normalized spacial score (nSPS) is 28.2. The van der Waals surface area contributed by atoms with Crippen molar-refractivity contribution in [2.75, 3.05) is 18.8 Å². The molecule has 152 valence electrons. The van der Waals surface area contributed by atoms with Crippen LogP contribution in [0.5, 0.6) is 0 Å². The summed E-state index contributed by atoms with van der Waals surface area (Å²) < 4.78 is 46.3. The fourth-order valence-corrected chi connectivity index (χ4v) is 5.56. The summed E-state index contributed by atoms with van der Waals surface area (Å²) in [6.45, 7) is -0.0962. The molecule has 28 heavy (non-hydrogen) atoms. The van der Waals surface area contributed by atoms with E-state index in [2.05, 4.69) is 16.1 Å². The van der Waals surface area contributed by atoms with Crippen molar-refractivity contribution < 1.29 is 13.1 Å². The van der Waals surface area contributed by atoms with Crippen LogP contribution in [0.1, 0.15) is 59.0 Å². The lowest BCUT2D eigenvalue weighted by Gasteiger charge is -2.28. The first-order valence-corrected chi connectivity index (χ1v) is 11.6. The van der Waals surface area contributed by atoms with Crippen LogP contribution in [-0.2, 0) is 35.6 Å². The second kappa shape index (κ2) is 7.19. The number of hydrogen-bond donors (Lipinski definition) is 3. The molecule has 4 rings (SSSR count). The van der Waals surface area contributed by atoms with Crippen molar-refractivity contribution in [3.8, 4) is 0 Å². The summed E-state index contributed by atoms with van der Waals surface area (Å²) in [5.41, 5.74) is 4.89. The minimum Gasteiger partial charge on any atom is -0.307 e. The number of fused-ring (bicyclic) bond motifs is 2. The van der Waals surface area contributed by atoms with Gasteiger partial charge in [-0.3, -0.25) is 4.90 Å². The Morgan fingerprint density at radius 2 is 1.93 bits per heavy atom. The molecule has 7 heteroatoms. The number of rotatable bonds is 4. The molecule has 2 amide bonds. The van der Waals surface area contributed by atoms with Crippen molar-refractivity contribution in [2.45, 2.75) is 63.8 Å². The van der Waals surface area contributed by atoms with Crippen molar-refractivity contribution in [3.63, 3.8) is 0 Å². The molecule has 1 fully saturated rings. The maximum absolute atomic E-state index is 12.8. The van der Waals surface area contributed by atoms with Crippen molar-refractivity contribution in [3.05, 3.63) is 39.8 Å². The molecule has 0 spiro atoms. The van der Waals surface area contributed by atoms with Gasteiger partial charge >= 0.3 is 6.03 Å². The van der Waals surface area contributed by atoms with Gasteiger partial charge in [0.2, 0.25) is 0 Å². The van der Waals surface area contributed by atoms with E-state index in [9.17, 15) is 9.00 Å². The van der Waals surface area contributed by atoms with E-state index in [1.165, 1.54) is 22.1 Å². The van der Waals surface area contributed by atoms with E-state index in [-0.39, 0.29) is 0 Å². The Morgan fingerprint density at radius 1 is 1.25 bits per heavy atom. The van der Waals surface area contributed by atoms with E-state index < -0.39 is 28.5 Å². The third-order valence-corrected chi connectivity index (χ3v) is 7.26. The zero-order valence-corrected chi connectivity index (χ0v) is 17.1. The van der Waals surface area contributed by atoms with Gasteiger partial charge in [0.25, 0.3) is 0 Å². The number of carbonyl (C=O) groups excluding carboxylic acids is 1. The van der Waals surface area contributed by atoms with Gasteiger partial charge in [-0.1, -0.05) is 12.1 Å². The number of nitrogens with zero attached hydrogens (tertiary/aromatic N) is 1. The number of urea groups is 1. The van der Waals surface area contributed by atoms with E-state index in [0.717, 1.165) is 60.7 Å². The van der Waals surface area contributed by atoms with Crippen LogP contribution in [-0.4, -0.2) is 34.2 Å². The average molecular weight is 406 g/mol. The van der Waals surface area contributed by atoms with Crippen LogP contribution in [0.4, 0.5) is 10.5 Å². The minimum atomic E-state index is -3.58. The molecule has 1 aromatic rings. The molecule has 3 N–H and O–H groups in total. The summed E-state index contributed by atoms with van der Waals surface area (Å²) in [6, 6.07) is 1.60. The molecule has 6 nitrogen and oxygen atoms in total. The maximum Gasteiger partial charge on any atom is 0.331 e. The van der Waals surface area contributed by atoms with E-state index in [4.69, 9.17) is 8.89 Å². The zero-order valence-electron chi connectivity index (χ0n) is 19.3. The summed E-state index contributed by atoms with van der Waals surface area (Å²) in [6.07, 6.45) is 8.76. The number of hydrogen-bond acceptors (Lipinski definition) is 4. The summed E-state index contributed by atoms with van der Waals surface area (Å²) in [4.78, 5) is 14.0. The topological polar surface area (TPSA) is 85.3 Å². The molecular weight excluding hydrogens is 372 g/mol. The standard InChI is InChI=1S/C21H30N4O2S/c1-21(10-5-12-25(21)2)11-13-28(22,27)24-20(26)23-19-17-8-3-6-15(17)14-16-7-4-9-18(16)19/h11,13-14H,3-10,12H2,1-2H3,(H3,22,23,24,26,27)/b13-11+/t21-,28?/m0/s1/i2D3. The summed E-state index contributed by atoms with van der Waals surface area (Å²) >= 11 is 0. The third-order valence-electron chi connectivity index (χ3n) is 6.26. The number of anilines is 1. The van der Waals surface area contributed by atoms with Crippen LogP contribution in [0.2, 0.25) is 0 Å². The Hall–Kier alpha value is -1.86. The second-order valence-corrected chi connectivity index (χ2v) is 9.98. The number of aryl methyl sites for hydroxylation is 2. The van der Waals surface area contributed by atoms with Crippen molar-refractivity contribution >= 4 is 21.6 Å². The lowest BCUT2D eigenvalue weighted by Crippen LogP contribution is -2.37. The number of carbonyl (C=O) groups is 1. The summed E-state index contributed by atoms with van der Waals surface area (Å²) in [5, 5.41) is 4.02. The third kappa shape index (κ3) is 3.70. The zero-order chi connectivity index (χ0) is 22.4. The Kier molecular flexibility index (Phi) is 4.11. The maximum atomic E-state index is 12.8. The highest BCUT2D eigenvalue weighted by Crippen LogP contribution is 2.38. The SMILES string of the molecule is [2H]C([2H])([2H])N1CCC[C@@]1(C)/C=C/S(=N)(=O)NC(=O)Nc1c2c(cc3c1CCC3)CCC2. The fraction of sp³-hybridized carbons (Fsp3) is 0.571. The van der Waals surface area contributed by atoms with Gasteiger partial charge in [0, 0.05) is 20.7 Å². The van der Waals surface area contributed by atoms with Gasteiger partial charge in [-0.25, -0.2) is 18.5 Å². The Balaban J connectivity index is 1.49. The quantitative estimate of drug-likeness (QED) is 0.713. The lowest BCUT2D eigenvalue weighted by molar-refractivity contribution is 0.251. The first-order chi connectivity index (χ1) is 14.5. The Morgan fingerprint density at radius 3 is 2.57 bits per heavy atom. The number of likely N-dealkylation sites (tertiary alicyclic amines) is 1. The van der Waals surface area contributed by atoms with Gasteiger partial charge in [-0.15, -0.1) is 0 Å². The van der Waals surface area contributed by atoms with Crippen LogP contribution >= 0.6 is 0 Å². The summed E-state index contributed by atoms with van der Waals surface area (Å²) in [7, 11) is -3.58. The smallest absolute Gasteiger partial charge is 0.307 e. The average Bonchev–Trinajstić information content (AvgIpc) is 3.38. The van der Waals surface area contributed by atoms with Crippen LogP contribution in [0.15, 0.2) is 17.6 Å². The van der Waals surface area contributed by atoms with E-state index in [1.807, 2.05) is 0 Å². The van der Waals surface area contributed by atoms with Gasteiger partial charge in [-0.05, 0) is 94.1 Å². The van der Waals surface area contributed by atoms with Gasteiger partial charge < -0.3 is 5.32 Å². The lowest BCUT2D eigenvalue weighted by atomic mass is 9.99. The highest BCUT2D eigenvalue weighted by Gasteiger charge is 2.31.